The Morgan fingerprint density at radius 2 is 1.95 bits per heavy atom. The summed E-state index contributed by atoms with van der Waals surface area (Å²) in [6.07, 6.45) is 8.61. The van der Waals surface area contributed by atoms with Crippen LogP contribution >= 0.6 is 15.9 Å². The molecule has 4 unspecified atom stereocenters. The minimum Gasteiger partial charge on any atom is -0.379 e. The third kappa shape index (κ3) is 1.92. The summed E-state index contributed by atoms with van der Waals surface area (Å²) in [7, 11) is 0. The molecule has 4 nitrogen and oxygen atoms in total. The van der Waals surface area contributed by atoms with Crippen molar-refractivity contribution in [3.8, 4) is 0 Å². The van der Waals surface area contributed by atoms with E-state index >= 15 is 0 Å². The maximum absolute atomic E-state index is 12.4. The van der Waals surface area contributed by atoms with E-state index < -0.39 is 0 Å². The highest BCUT2D eigenvalue weighted by molar-refractivity contribution is 9.10. The van der Waals surface area contributed by atoms with Crippen molar-refractivity contribution in [1.82, 2.24) is 9.78 Å². The molecule has 1 aromatic rings. The Morgan fingerprint density at radius 1 is 1.24 bits per heavy atom. The number of aromatic nitrogens is 2. The largest absolute Gasteiger partial charge is 0.379 e. The highest BCUT2D eigenvalue weighted by Gasteiger charge is 2.65. The summed E-state index contributed by atoms with van der Waals surface area (Å²) >= 11 is 3.49. The molecule has 1 heterocycles. The van der Waals surface area contributed by atoms with Gasteiger partial charge in [-0.15, -0.1) is 0 Å². The van der Waals surface area contributed by atoms with Gasteiger partial charge in [0.15, 0.2) is 0 Å². The molecule has 4 fully saturated rings. The van der Waals surface area contributed by atoms with Crippen molar-refractivity contribution in [3.05, 3.63) is 21.0 Å². The van der Waals surface area contributed by atoms with Gasteiger partial charge in [0.1, 0.15) is 4.47 Å². The number of fused-ring (bicyclic) bond motifs is 5. The topological polar surface area (TPSA) is 46.9 Å². The van der Waals surface area contributed by atoms with Crippen LogP contribution in [0.15, 0.2) is 15.5 Å². The van der Waals surface area contributed by atoms with E-state index in [4.69, 9.17) is 0 Å². The summed E-state index contributed by atoms with van der Waals surface area (Å²) in [4.78, 5) is 12.4. The number of hydrogen-bond donors (Lipinski definition) is 1. The first-order valence-electron chi connectivity index (χ1n) is 8.24. The number of hydrogen-bond acceptors (Lipinski definition) is 3. The van der Waals surface area contributed by atoms with Gasteiger partial charge in [-0.2, -0.15) is 5.10 Å². The second-order valence-corrected chi connectivity index (χ2v) is 8.25. The van der Waals surface area contributed by atoms with E-state index in [0.717, 1.165) is 35.9 Å². The summed E-state index contributed by atoms with van der Waals surface area (Å²) < 4.78 is 2.28. The number of nitrogens with one attached hydrogen (secondary N) is 1. The second kappa shape index (κ2) is 4.34. The lowest BCUT2D eigenvalue weighted by atomic mass is 10.0. The van der Waals surface area contributed by atoms with Gasteiger partial charge in [-0.3, -0.25) is 4.79 Å². The predicted octanol–water partition coefficient (Wildman–Crippen LogP) is 2.87. The van der Waals surface area contributed by atoms with Crippen LogP contribution in [0, 0.1) is 29.6 Å². The van der Waals surface area contributed by atoms with Crippen LogP contribution in [-0.2, 0) is 6.54 Å². The van der Waals surface area contributed by atoms with Gasteiger partial charge in [0.2, 0.25) is 0 Å². The minimum absolute atomic E-state index is 0.0145. The molecule has 1 N–H and O–H groups in total. The number of halogens is 1. The Hall–Kier alpha value is -0.840. The molecule has 0 spiro atoms. The molecule has 4 atom stereocenters. The fraction of sp³-hybridized carbons (Fsp3) is 0.750. The van der Waals surface area contributed by atoms with E-state index in [1.165, 1.54) is 32.1 Å². The van der Waals surface area contributed by atoms with Crippen molar-refractivity contribution in [2.45, 2.75) is 44.7 Å². The summed E-state index contributed by atoms with van der Waals surface area (Å²) in [6.45, 7) is 0.774. The van der Waals surface area contributed by atoms with E-state index in [1.807, 2.05) is 6.20 Å². The molecule has 5 rings (SSSR count). The average Bonchev–Trinajstić information content (AvgIpc) is 3.36. The molecule has 4 saturated carbocycles. The van der Waals surface area contributed by atoms with Gasteiger partial charge in [0.05, 0.1) is 11.9 Å². The molecule has 0 saturated heterocycles. The molecule has 4 aliphatic rings. The van der Waals surface area contributed by atoms with Crippen LogP contribution in [0.5, 0.6) is 0 Å². The Morgan fingerprint density at radius 3 is 2.62 bits per heavy atom. The summed E-state index contributed by atoms with van der Waals surface area (Å²) in [5.74, 6) is 4.28. The monoisotopic (exact) mass is 349 g/mol. The van der Waals surface area contributed by atoms with Gasteiger partial charge in [-0.1, -0.05) is 0 Å². The first-order valence-corrected chi connectivity index (χ1v) is 9.04. The first-order chi connectivity index (χ1) is 10.2. The molecule has 5 heteroatoms. The van der Waals surface area contributed by atoms with Crippen molar-refractivity contribution in [2.75, 3.05) is 5.32 Å². The van der Waals surface area contributed by atoms with Crippen molar-refractivity contribution < 1.29 is 0 Å². The van der Waals surface area contributed by atoms with Gasteiger partial charge in [-0.05, 0) is 77.6 Å². The fourth-order valence-corrected chi connectivity index (χ4v) is 5.36. The van der Waals surface area contributed by atoms with Crippen LogP contribution in [0.25, 0.3) is 0 Å². The Bertz CT molecular complexity index is 637. The molecule has 0 aliphatic heterocycles. The molecular formula is C16H20BrN3O. The van der Waals surface area contributed by atoms with E-state index in [9.17, 15) is 4.79 Å². The lowest BCUT2D eigenvalue weighted by Gasteiger charge is -2.13. The van der Waals surface area contributed by atoms with Gasteiger partial charge in [-0.25, -0.2) is 4.68 Å². The highest BCUT2D eigenvalue weighted by atomic mass is 79.9. The Balaban J connectivity index is 1.35. The number of rotatable bonds is 4. The highest BCUT2D eigenvalue weighted by Crippen LogP contribution is 2.66. The lowest BCUT2D eigenvalue weighted by molar-refractivity contribution is 0.456. The number of anilines is 1. The van der Waals surface area contributed by atoms with Gasteiger partial charge < -0.3 is 5.32 Å². The molecule has 21 heavy (non-hydrogen) atoms. The molecular weight excluding hydrogens is 330 g/mol. The van der Waals surface area contributed by atoms with Gasteiger partial charge in [0, 0.05) is 12.6 Å². The van der Waals surface area contributed by atoms with Crippen molar-refractivity contribution in [2.24, 2.45) is 29.6 Å². The van der Waals surface area contributed by atoms with Gasteiger partial charge >= 0.3 is 0 Å². The molecule has 112 valence electrons. The van der Waals surface area contributed by atoms with Crippen LogP contribution in [0.1, 0.15) is 32.1 Å². The van der Waals surface area contributed by atoms with Crippen molar-refractivity contribution in [1.29, 1.82) is 0 Å². The van der Waals surface area contributed by atoms with Crippen LogP contribution < -0.4 is 10.9 Å². The zero-order chi connectivity index (χ0) is 14.1. The lowest BCUT2D eigenvalue weighted by Crippen LogP contribution is -2.26. The fourth-order valence-electron chi connectivity index (χ4n) is 4.94. The average molecular weight is 350 g/mol. The standard InChI is InChI=1S/C16H20BrN3O/c17-14-11(6-18-20(16(14)21)7-8-1-2-8)19-15-12-9-3-4-10(5-9)13(12)15/h6,8-10,12-13,15,19H,1-5,7H2. The quantitative estimate of drug-likeness (QED) is 0.908. The zero-order valence-electron chi connectivity index (χ0n) is 12.0. The summed E-state index contributed by atoms with van der Waals surface area (Å²) in [5.41, 5.74) is 0.909. The Labute approximate surface area is 132 Å². The maximum atomic E-state index is 12.4. The number of nitrogens with zero attached hydrogens (tertiary/aromatic N) is 2. The first kappa shape index (κ1) is 12.7. The SMILES string of the molecule is O=c1c(Br)c(NC2C3C4CCC(C4)C23)cnn1CC1CC1. The Kier molecular flexibility index (Phi) is 2.62. The van der Waals surface area contributed by atoms with E-state index in [0.29, 0.717) is 16.4 Å². The van der Waals surface area contributed by atoms with Gasteiger partial charge in [0.25, 0.3) is 5.56 Å². The van der Waals surface area contributed by atoms with Crippen LogP contribution in [0.4, 0.5) is 5.69 Å². The molecule has 2 bridgehead atoms. The minimum atomic E-state index is 0.0145. The summed E-state index contributed by atoms with van der Waals surface area (Å²) in [5, 5.41) is 7.96. The molecule has 1 aromatic heterocycles. The smallest absolute Gasteiger partial charge is 0.283 e. The van der Waals surface area contributed by atoms with Crippen LogP contribution in [0.2, 0.25) is 0 Å². The zero-order valence-corrected chi connectivity index (χ0v) is 13.6. The molecule has 4 aliphatic carbocycles. The predicted molar refractivity (Wildman–Crippen MR) is 84.1 cm³/mol. The second-order valence-electron chi connectivity index (χ2n) is 7.46. The van der Waals surface area contributed by atoms with Crippen LogP contribution in [-0.4, -0.2) is 15.8 Å². The van der Waals surface area contributed by atoms with Crippen molar-refractivity contribution >= 4 is 21.6 Å². The van der Waals surface area contributed by atoms with Crippen LogP contribution in [0.3, 0.4) is 0 Å². The van der Waals surface area contributed by atoms with Crippen molar-refractivity contribution in [3.63, 3.8) is 0 Å². The van der Waals surface area contributed by atoms with E-state index in [2.05, 4.69) is 26.3 Å². The van der Waals surface area contributed by atoms with E-state index in [-0.39, 0.29) is 5.56 Å². The normalized spacial score (nSPS) is 39.4. The molecule has 0 aromatic carbocycles. The summed E-state index contributed by atoms with van der Waals surface area (Å²) in [6, 6.07) is 0.591. The van der Waals surface area contributed by atoms with E-state index in [1.54, 1.807) is 4.68 Å². The third-order valence-corrected chi connectivity index (χ3v) is 6.94. The maximum Gasteiger partial charge on any atom is 0.283 e. The third-order valence-electron chi connectivity index (χ3n) is 6.17. The molecule has 0 amide bonds. The molecule has 0 radical (unpaired) electrons.